The molecule has 1 aliphatic heterocycles. The van der Waals surface area contributed by atoms with E-state index in [1.165, 1.54) is 16.2 Å². The minimum Gasteiger partial charge on any atom is -0.297 e. The number of benzene rings is 1. The standard InChI is InChI=1S/C24H21N7O2S/c1-15-20(29-13-8-6-11-18(29)25-15)21-26-27-24-31(21)28-19(34-24)12-3-2-7-14-30-22(32)16-9-4-5-10-17(16)23(30)33/h4-6,8-11,13H,2-3,7,12,14H2,1H3. The molecule has 0 fully saturated rings. The number of aromatic nitrogens is 6. The van der Waals surface area contributed by atoms with Crippen LogP contribution in [0.15, 0.2) is 48.7 Å². The summed E-state index contributed by atoms with van der Waals surface area (Å²) in [7, 11) is 0. The molecule has 0 aliphatic carbocycles. The predicted molar refractivity (Wildman–Crippen MR) is 127 cm³/mol. The third kappa shape index (κ3) is 3.29. The minimum atomic E-state index is -0.190. The van der Waals surface area contributed by atoms with Crippen LogP contribution < -0.4 is 0 Å². The summed E-state index contributed by atoms with van der Waals surface area (Å²) in [4.78, 5) is 31.7. The van der Waals surface area contributed by atoms with Gasteiger partial charge in [0.05, 0.1) is 16.8 Å². The number of amides is 2. The second-order valence-corrected chi connectivity index (χ2v) is 9.35. The Labute approximate surface area is 198 Å². The van der Waals surface area contributed by atoms with Gasteiger partial charge < -0.3 is 0 Å². The molecule has 0 saturated heterocycles. The van der Waals surface area contributed by atoms with Crippen molar-refractivity contribution in [1.82, 2.24) is 34.1 Å². The van der Waals surface area contributed by atoms with Gasteiger partial charge in [-0.2, -0.15) is 9.61 Å². The Hall–Kier alpha value is -3.92. The van der Waals surface area contributed by atoms with Crippen molar-refractivity contribution in [3.05, 3.63) is 70.5 Å². The van der Waals surface area contributed by atoms with Gasteiger partial charge in [-0.1, -0.05) is 36.0 Å². The van der Waals surface area contributed by atoms with Crippen molar-refractivity contribution in [2.45, 2.75) is 32.6 Å². The first-order valence-electron chi connectivity index (χ1n) is 11.2. The van der Waals surface area contributed by atoms with Crippen molar-refractivity contribution < 1.29 is 9.59 Å². The lowest BCUT2D eigenvalue weighted by molar-refractivity contribution is 0.0651. The van der Waals surface area contributed by atoms with Crippen LogP contribution in [0.4, 0.5) is 0 Å². The molecular weight excluding hydrogens is 450 g/mol. The lowest BCUT2D eigenvalue weighted by Gasteiger charge is -2.13. The van der Waals surface area contributed by atoms with E-state index in [-0.39, 0.29) is 11.8 Å². The highest BCUT2D eigenvalue weighted by Crippen LogP contribution is 2.26. The Morgan fingerprint density at radius 1 is 0.912 bits per heavy atom. The topological polar surface area (TPSA) is 97.8 Å². The van der Waals surface area contributed by atoms with Crippen LogP contribution in [0, 0.1) is 6.92 Å². The predicted octanol–water partition coefficient (Wildman–Crippen LogP) is 3.82. The Balaban J connectivity index is 1.10. The third-order valence-corrected chi connectivity index (χ3v) is 7.06. The summed E-state index contributed by atoms with van der Waals surface area (Å²) in [5.41, 5.74) is 3.64. The molecule has 0 unspecified atom stereocenters. The SMILES string of the molecule is Cc1nc2ccccn2c1-c1nnc2sc(CCCCCN3C(=O)c4ccccc4C3=O)nn12. The highest BCUT2D eigenvalue weighted by molar-refractivity contribution is 7.16. The molecule has 4 aromatic heterocycles. The highest BCUT2D eigenvalue weighted by atomic mass is 32.1. The highest BCUT2D eigenvalue weighted by Gasteiger charge is 2.34. The summed E-state index contributed by atoms with van der Waals surface area (Å²) in [6, 6.07) is 12.9. The molecule has 0 radical (unpaired) electrons. The Kier molecular flexibility index (Phi) is 4.95. The molecule has 0 saturated carbocycles. The van der Waals surface area contributed by atoms with Crippen LogP contribution in [-0.2, 0) is 6.42 Å². The zero-order valence-electron chi connectivity index (χ0n) is 18.5. The van der Waals surface area contributed by atoms with Crippen molar-refractivity contribution in [3.63, 3.8) is 0 Å². The summed E-state index contributed by atoms with van der Waals surface area (Å²) < 4.78 is 3.80. The van der Waals surface area contributed by atoms with E-state index in [0.717, 1.165) is 52.7 Å². The molecule has 2 amide bonds. The van der Waals surface area contributed by atoms with Gasteiger partial charge in [0, 0.05) is 19.2 Å². The number of nitrogens with zero attached hydrogens (tertiary/aromatic N) is 7. The van der Waals surface area contributed by atoms with Crippen LogP contribution in [-0.4, -0.2) is 52.5 Å². The lowest BCUT2D eigenvalue weighted by Crippen LogP contribution is -2.30. The molecule has 5 heterocycles. The van der Waals surface area contributed by atoms with Gasteiger partial charge in [0.25, 0.3) is 11.8 Å². The van der Waals surface area contributed by atoms with E-state index in [4.69, 9.17) is 5.10 Å². The molecule has 0 atom stereocenters. The van der Waals surface area contributed by atoms with Gasteiger partial charge in [-0.25, -0.2) is 4.98 Å². The molecule has 9 nitrogen and oxygen atoms in total. The molecule has 1 aromatic carbocycles. The smallest absolute Gasteiger partial charge is 0.261 e. The van der Waals surface area contributed by atoms with Crippen molar-refractivity contribution >= 4 is 33.8 Å². The molecular formula is C24H21N7O2S. The van der Waals surface area contributed by atoms with Crippen molar-refractivity contribution in [3.8, 4) is 11.5 Å². The monoisotopic (exact) mass is 471 g/mol. The Morgan fingerprint density at radius 2 is 1.68 bits per heavy atom. The summed E-state index contributed by atoms with van der Waals surface area (Å²) in [6.07, 6.45) is 5.35. The summed E-state index contributed by atoms with van der Waals surface area (Å²) in [6.45, 7) is 2.40. The quantitative estimate of drug-likeness (QED) is 0.264. The van der Waals surface area contributed by atoms with Crippen LogP contribution in [0.3, 0.4) is 0 Å². The molecule has 10 heteroatoms. The first kappa shape index (κ1) is 20.7. The fourth-order valence-corrected chi connectivity index (χ4v) is 5.33. The number of hydrogen-bond acceptors (Lipinski definition) is 7. The number of carbonyl (C=O) groups excluding carboxylic acids is 2. The Bertz CT molecular complexity index is 1530. The number of rotatable bonds is 7. The fourth-order valence-electron chi connectivity index (χ4n) is 4.45. The second kappa shape index (κ2) is 8.14. The van der Waals surface area contributed by atoms with Gasteiger partial charge in [0.15, 0.2) is 0 Å². The van der Waals surface area contributed by atoms with E-state index in [0.29, 0.717) is 23.5 Å². The molecule has 5 aromatic rings. The van der Waals surface area contributed by atoms with Crippen molar-refractivity contribution in [1.29, 1.82) is 0 Å². The fraction of sp³-hybridized carbons (Fsp3) is 0.250. The number of unbranched alkanes of at least 4 members (excludes halogenated alkanes) is 2. The van der Waals surface area contributed by atoms with Gasteiger partial charge >= 0.3 is 0 Å². The van der Waals surface area contributed by atoms with E-state index >= 15 is 0 Å². The zero-order chi connectivity index (χ0) is 23.2. The van der Waals surface area contributed by atoms with Crippen LogP contribution in [0.2, 0.25) is 0 Å². The molecule has 34 heavy (non-hydrogen) atoms. The first-order valence-corrected chi connectivity index (χ1v) is 12.0. The summed E-state index contributed by atoms with van der Waals surface area (Å²) in [5.74, 6) is 0.299. The second-order valence-electron chi connectivity index (χ2n) is 8.31. The maximum absolute atomic E-state index is 12.5. The van der Waals surface area contributed by atoms with Gasteiger partial charge in [-0.3, -0.25) is 18.9 Å². The number of imide groups is 1. The maximum Gasteiger partial charge on any atom is 0.261 e. The summed E-state index contributed by atoms with van der Waals surface area (Å²) in [5, 5.41) is 14.4. The number of carbonyl (C=O) groups is 2. The van der Waals surface area contributed by atoms with Crippen LogP contribution in [0.25, 0.3) is 22.1 Å². The van der Waals surface area contributed by atoms with Gasteiger partial charge in [-0.05, 0) is 44.0 Å². The van der Waals surface area contributed by atoms with E-state index < -0.39 is 0 Å². The number of hydrogen-bond donors (Lipinski definition) is 0. The van der Waals surface area contributed by atoms with E-state index in [1.54, 1.807) is 28.8 Å². The van der Waals surface area contributed by atoms with Crippen molar-refractivity contribution in [2.75, 3.05) is 6.54 Å². The largest absolute Gasteiger partial charge is 0.297 e. The molecule has 170 valence electrons. The molecule has 0 spiro atoms. The van der Waals surface area contributed by atoms with Crippen LogP contribution in [0.1, 0.15) is 50.7 Å². The number of imidazole rings is 1. The van der Waals surface area contributed by atoms with E-state index in [9.17, 15) is 9.59 Å². The minimum absolute atomic E-state index is 0.190. The van der Waals surface area contributed by atoms with Gasteiger partial charge in [0.1, 0.15) is 16.3 Å². The number of aryl methyl sites for hydroxylation is 2. The molecule has 0 bridgehead atoms. The van der Waals surface area contributed by atoms with Crippen molar-refractivity contribution in [2.24, 2.45) is 0 Å². The maximum atomic E-state index is 12.5. The van der Waals surface area contributed by atoms with Gasteiger partial charge in [0.2, 0.25) is 10.8 Å². The van der Waals surface area contributed by atoms with Crippen LogP contribution >= 0.6 is 11.3 Å². The average molecular weight is 472 g/mol. The normalized spacial score (nSPS) is 13.5. The van der Waals surface area contributed by atoms with Gasteiger partial charge in [-0.15, -0.1) is 10.2 Å². The number of fused-ring (bicyclic) bond motifs is 3. The zero-order valence-corrected chi connectivity index (χ0v) is 19.3. The third-order valence-electron chi connectivity index (χ3n) is 6.10. The summed E-state index contributed by atoms with van der Waals surface area (Å²) >= 11 is 1.53. The first-order chi connectivity index (χ1) is 16.6. The lowest BCUT2D eigenvalue weighted by atomic mass is 10.1. The average Bonchev–Trinajstić information content (AvgIpc) is 3.56. The molecule has 0 N–H and O–H groups in total. The van der Waals surface area contributed by atoms with Crippen LogP contribution in [0.5, 0.6) is 0 Å². The van der Waals surface area contributed by atoms with E-state index in [2.05, 4.69) is 15.2 Å². The molecule has 1 aliphatic rings. The van der Waals surface area contributed by atoms with E-state index in [1.807, 2.05) is 35.7 Å². The Morgan fingerprint density at radius 3 is 2.47 bits per heavy atom. The molecule has 6 rings (SSSR count). The number of pyridine rings is 1.